The molecule has 2 aliphatic heterocycles. The number of nitrogens with zero attached hydrogens (tertiary/aromatic N) is 6. The number of anilines is 2. The van der Waals surface area contributed by atoms with Crippen LogP contribution in [-0.4, -0.2) is 120 Å². The smallest absolute Gasteiger partial charge is 0.410 e. The van der Waals surface area contributed by atoms with Crippen LogP contribution in [0, 0.1) is 0 Å². The van der Waals surface area contributed by atoms with E-state index < -0.39 is 23.1 Å². The normalized spacial score (nSPS) is 20.5. The second kappa shape index (κ2) is 18.3. The number of pyridine rings is 2. The van der Waals surface area contributed by atoms with E-state index in [-0.39, 0.29) is 47.7 Å². The molecule has 14 nitrogen and oxygen atoms in total. The molecule has 15 heteroatoms. The van der Waals surface area contributed by atoms with E-state index in [0.29, 0.717) is 30.8 Å². The summed E-state index contributed by atoms with van der Waals surface area (Å²) in [5.74, 6) is -0.928. The van der Waals surface area contributed by atoms with Crippen LogP contribution in [0.3, 0.4) is 0 Å². The van der Waals surface area contributed by atoms with E-state index in [0.717, 1.165) is 24.2 Å². The fraction of sp³-hybridized carbons (Fsp3) is 0.632. The number of aromatic nitrogens is 2. The number of methoxy groups -OCH3 is 2. The van der Waals surface area contributed by atoms with E-state index in [1.54, 1.807) is 18.3 Å². The van der Waals surface area contributed by atoms with Crippen LogP contribution in [0.2, 0.25) is 0 Å². The van der Waals surface area contributed by atoms with Crippen LogP contribution in [0.4, 0.5) is 21.0 Å². The Kier molecular flexibility index (Phi) is 14.9. The average Bonchev–Trinajstić information content (AvgIpc) is 3.09. The SMILES string of the molecule is CC[C@H]1CN(c2ccc(C(=O)OC)nc2)[C@H](C)CN1C(=O)OC(C)(C)C.CC[C@H]1CN(c2ccc(C(=O)OC)nc2Br)[C@H](C)CN1C(=O)OC(C)(C)C. The van der Waals surface area contributed by atoms with Crippen molar-refractivity contribution in [3.05, 3.63) is 46.5 Å². The maximum absolute atomic E-state index is 12.6. The lowest BCUT2D eigenvalue weighted by molar-refractivity contribution is 0.00963. The Balaban J connectivity index is 0.000000286. The molecule has 0 radical (unpaired) electrons. The van der Waals surface area contributed by atoms with E-state index in [4.69, 9.17) is 14.2 Å². The first kappa shape index (κ1) is 43.3. The van der Waals surface area contributed by atoms with Crippen LogP contribution in [0.15, 0.2) is 35.1 Å². The second-order valence-electron chi connectivity index (χ2n) is 15.3. The molecule has 4 rings (SSSR count). The summed E-state index contributed by atoms with van der Waals surface area (Å²) >= 11 is 3.47. The molecule has 2 aromatic heterocycles. The van der Waals surface area contributed by atoms with Crippen molar-refractivity contribution < 1.29 is 38.1 Å². The molecule has 2 amide bonds. The minimum atomic E-state index is -0.521. The summed E-state index contributed by atoms with van der Waals surface area (Å²) in [6.45, 7) is 22.0. The van der Waals surface area contributed by atoms with Crippen LogP contribution in [0.1, 0.15) is 103 Å². The number of hydrogen-bond acceptors (Lipinski definition) is 12. The zero-order chi connectivity index (χ0) is 39.8. The Morgan fingerprint density at radius 1 is 0.717 bits per heavy atom. The molecule has 0 aliphatic carbocycles. The van der Waals surface area contributed by atoms with Gasteiger partial charge in [-0.15, -0.1) is 0 Å². The van der Waals surface area contributed by atoms with Gasteiger partial charge in [-0.05, 0) is 108 Å². The van der Waals surface area contributed by atoms with Crippen molar-refractivity contribution in [3.8, 4) is 0 Å². The number of amides is 2. The summed E-state index contributed by atoms with van der Waals surface area (Å²) in [6.07, 6.45) is 2.77. The predicted octanol–water partition coefficient (Wildman–Crippen LogP) is 6.95. The lowest BCUT2D eigenvalue weighted by atomic mass is 10.0. The van der Waals surface area contributed by atoms with E-state index in [1.807, 2.05) is 63.5 Å². The van der Waals surface area contributed by atoms with Gasteiger partial charge < -0.3 is 38.5 Å². The van der Waals surface area contributed by atoms with Gasteiger partial charge >= 0.3 is 24.1 Å². The van der Waals surface area contributed by atoms with E-state index >= 15 is 0 Å². The third kappa shape index (κ3) is 11.7. The lowest BCUT2D eigenvalue weighted by Gasteiger charge is -2.46. The van der Waals surface area contributed by atoms with Gasteiger partial charge in [0.05, 0.1) is 43.9 Å². The predicted molar refractivity (Wildman–Crippen MR) is 207 cm³/mol. The Hall–Kier alpha value is -4.14. The van der Waals surface area contributed by atoms with Crippen molar-refractivity contribution in [1.82, 2.24) is 19.8 Å². The van der Waals surface area contributed by atoms with Crippen LogP contribution in [0.5, 0.6) is 0 Å². The molecule has 2 aromatic rings. The lowest BCUT2D eigenvalue weighted by Crippen LogP contribution is -2.59. The van der Waals surface area contributed by atoms with Crippen LogP contribution >= 0.6 is 15.9 Å². The number of ether oxygens (including phenoxy) is 4. The fourth-order valence-corrected chi connectivity index (χ4v) is 6.75. The van der Waals surface area contributed by atoms with Crippen molar-refractivity contribution in [1.29, 1.82) is 0 Å². The number of carbonyl (C=O) groups excluding carboxylic acids is 4. The average molecular weight is 806 g/mol. The highest BCUT2D eigenvalue weighted by atomic mass is 79.9. The van der Waals surface area contributed by atoms with Gasteiger partial charge in [-0.3, -0.25) is 0 Å². The topological polar surface area (TPSA) is 144 Å². The van der Waals surface area contributed by atoms with E-state index in [9.17, 15) is 19.2 Å². The molecule has 0 bridgehead atoms. The number of hydrogen-bond donors (Lipinski definition) is 0. The van der Waals surface area contributed by atoms with Gasteiger partial charge in [0.1, 0.15) is 27.2 Å². The second-order valence-corrected chi connectivity index (χ2v) is 16.0. The number of carbonyl (C=O) groups is 4. The number of esters is 2. The molecular weight excluding hydrogens is 748 g/mol. The van der Waals surface area contributed by atoms with Crippen molar-refractivity contribution in [2.24, 2.45) is 0 Å². The molecule has 294 valence electrons. The summed E-state index contributed by atoms with van der Waals surface area (Å²) < 4.78 is 21.1. The quantitative estimate of drug-likeness (QED) is 0.169. The summed E-state index contributed by atoms with van der Waals surface area (Å²) in [7, 11) is 2.66. The Morgan fingerprint density at radius 3 is 1.58 bits per heavy atom. The Morgan fingerprint density at radius 2 is 1.17 bits per heavy atom. The van der Waals surface area contributed by atoms with Crippen molar-refractivity contribution in [2.75, 3.05) is 50.2 Å². The van der Waals surface area contributed by atoms with E-state index in [1.165, 1.54) is 14.2 Å². The van der Waals surface area contributed by atoms with Gasteiger partial charge in [-0.2, -0.15) is 0 Å². The minimum Gasteiger partial charge on any atom is -0.464 e. The van der Waals surface area contributed by atoms with Gasteiger partial charge in [0.25, 0.3) is 0 Å². The number of halogens is 1. The number of rotatable bonds is 6. The van der Waals surface area contributed by atoms with Crippen LogP contribution in [0.25, 0.3) is 0 Å². The first-order chi connectivity index (χ1) is 24.7. The highest BCUT2D eigenvalue weighted by Gasteiger charge is 2.38. The molecule has 0 saturated carbocycles. The van der Waals surface area contributed by atoms with Gasteiger partial charge in [0.15, 0.2) is 0 Å². The summed E-state index contributed by atoms with van der Waals surface area (Å²) in [5.41, 5.74) is 1.31. The minimum absolute atomic E-state index is 0.0308. The maximum Gasteiger partial charge on any atom is 0.410 e. The molecule has 2 saturated heterocycles. The summed E-state index contributed by atoms with van der Waals surface area (Å²) in [4.78, 5) is 64.9. The first-order valence-corrected chi connectivity index (χ1v) is 18.8. The zero-order valence-electron chi connectivity index (χ0n) is 33.3. The molecule has 0 unspecified atom stereocenters. The zero-order valence-corrected chi connectivity index (χ0v) is 34.9. The molecule has 4 heterocycles. The Bertz CT molecular complexity index is 1580. The molecule has 53 heavy (non-hydrogen) atoms. The fourth-order valence-electron chi connectivity index (χ4n) is 6.20. The number of piperazine rings is 2. The molecule has 0 spiro atoms. The molecule has 2 aliphatic rings. The van der Waals surface area contributed by atoms with Gasteiger partial charge in [0.2, 0.25) is 0 Å². The molecule has 0 aromatic carbocycles. The van der Waals surface area contributed by atoms with Gasteiger partial charge in [0, 0.05) is 38.3 Å². The third-order valence-corrected chi connectivity index (χ3v) is 9.47. The van der Waals surface area contributed by atoms with Gasteiger partial charge in [-0.1, -0.05) is 13.8 Å². The van der Waals surface area contributed by atoms with E-state index in [2.05, 4.69) is 68.1 Å². The Labute approximate surface area is 322 Å². The van der Waals surface area contributed by atoms with Gasteiger partial charge in [-0.25, -0.2) is 29.1 Å². The highest BCUT2D eigenvalue weighted by Crippen LogP contribution is 2.31. The largest absolute Gasteiger partial charge is 0.464 e. The van der Waals surface area contributed by atoms with Crippen molar-refractivity contribution in [2.45, 2.75) is 117 Å². The van der Waals surface area contributed by atoms with Crippen LogP contribution < -0.4 is 9.80 Å². The maximum atomic E-state index is 12.6. The third-order valence-electron chi connectivity index (χ3n) is 8.89. The molecular formula is C38H57BrN6O8. The standard InChI is InChI=1S/C19H28BrN3O4.C19H29N3O4/c1-7-13-11-22(12(2)10-23(13)18(25)27-19(3,4)5)15-9-8-14(17(24)26-6)21-16(15)20;1-7-14-12-21(15-8-9-16(20-10-15)17(23)25-6)13(2)11-22(14)18(24)26-19(3,4)5/h8-9,12-13H,7,10-11H2,1-6H3;8-10,13-14H,7,11-12H2,1-6H3/t12-,13+;13-,14+/m11/s1. The monoisotopic (exact) mass is 804 g/mol. The first-order valence-electron chi connectivity index (χ1n) is 18.0. The summed E-state index contributed by atoms with van der Waals surface area (Å²) in [5, 5.41) is 0. The molecule has 0 N–H and O–H groups in total. The van der Waals surface area contributed by atoms with Crippen molar-refractivity contribution in [3.63, 3.8) is 0 Å². The molecule has 2 fully saturated rings. The summed E-state index contributed by atoms with van der Waals surface area (Å²) in [6, 6.07) is 7.30. The molecule has 4 atom stereocenters. The van der Waals surface area contributed by atoms with Crippen LogP contribution in [-0.2, 0) is 18.9 Å². The highest BCUT2D eigenvalue weighted by molar-refractivity contribution is 9.10. The van der Waals surface area contributed by atoms with Crippen molar-refractivity contribution >= 4 is 51.4 Å².